The predicted octanol–water partition coefficient (Wildman–Crippen LogP) is 3.71. The minimum atomic E-state index is -0.424. The van der Waals surface area contributed by atoms with Crippen molar-refractivity contribution in [2.24, 2.45) is 0 Å². The first-order valence-electron chi connectivity index (χ1n) is 10.9. The molecule has 0 unspecified atom stereocenters. The zero-order valence-electron chi connectivity index (χ0n) is 18.1. The van der Waals surface area contributed by atoms with Crippen LogP contribution in [-0.4, -0.2) is 59.2 Å². The Morgan fingerprint density at radius 3 is 2.83 bits per heavy atom. The summed E-state index contributed by atoms with van der Waals surface area (Å²) < 4.78 is 6.22. The first-order chi connectivity index (χ1) is 14.4. The molecule has 2 aromatic rings. The average molecular weight is 429 g/mol. The van der Waals surface area contributed by atoms with Crippen molar-refractivity contribution in [2.45, 2.75) is 58.2 Å². The van der Waals surface area contributed by atoms with E-state index in [1.165, 1.54) is 16.0 Å². The van der Waals surface area contributed by atoms with Gasteiger partial charge in [0.2, 0.25) is 5.91 Å². The van der Waals surface area contributed by atoms with E-state index in [2.05, 4.69) is 42.3 Å². The zero-order chi connectivity index (χ0) is 21.3. The topological polar surface area (TPSA) is 53.0 Å². The number of amides is 1. The quantitative estimate of drug-likeness (QED) is 0.696. The van der Waals surface area contributed by atoms with Crippen LogP contribution in [0.3, 0.4) is 0 Å². The van der Waals surface area contributed by atoms with Crippen LogP contribution in [0.1, 0.15) is 47.4 Å². The molecule has 1 aliphatic carbocycles. The number of benzene rings is 1. The second kappa shape index (κ2) is 9.08. The van der Waals surface area contributed by atoms with Crippen LogP contribution in [0.2, 0.25) is 0 Å². The third kappa shape index (κ3) is 4.88. The maximum Gasteiger partial charge on any atom is 0.237 e. The lowest BCUT2D eigenvalue weighted by Gasteiger charge is -2.37. The monoisotopic (exact) mass is 428 g/mol. The van der Waals surface area contributed by atoms with Crippen LogP contribution in [0.25, 0.3) is 0 Å². The molecule has 0 bridgehead atoms. The highest BCUT2D eigenvalue weighted by Crippen LogP contribution is 2.35. The Bertz CT molecular complexity index is 890. The molecule has 0 spiro atoms. The Morgan fingerprint density at radius 1 is 1.33 bits per heavy atom. The molecule has 1 N–H and O–H groups in total. The lowest BCUT2D eigenvalue weighted by molar-refractivity contribution is -0.136. The minimum absolute atomic E-state index is 0.0687. The fourth-order valence-electron chi connectivity index (χ4n) is 4.39. The van der Waals surface area contributed by atoms with Crippen LogP contribution in [0.5, 0.6) is 5.75 Å². The zero-order valence-corrected chi connectivity index (χ0v) is 19.0. The largest absolute Gasteiger partial charge is 0.491 e. The van der Waals surface area contributed by atoms with Gasteiger partial charge >= 0.3 is 0 Å². The molecule has 6 heteroatoms. The van der Waals surface area contributed by atoms with Gasteiger partial charge in [0.15, 0.2) is 0 Å². The first kappa shape index (κ1) is 21.3. The molecule has 2 atom stereocenters. The van der Waals surface area contributed by atoms with Gasteiger partial charge in [-0.2, -0.15) is 0 Å². The molecule has 1 aliphatic heterocycles. The van der Waals surface area contributed by atoms with Crippen molar-refractivity contribution in [3.05, 3.63) is 51.2 Å². The number of rotatable bonds is 8. The molecule has 30 heavy (non-hydrogen) atoms. The van der Waals surface area contributed by atoms with E-state index in [0.29, 0.717) is 25.7 Å². The van der Waals surface area contributed by atoms with Crippen LogP contribution in [0.4, 0.5) is 0 Å². The van der Waals surface area contributed by atoms with E-state index < -0.39 is 6.10 Å². The molecule has 1 fully saturated rings. The van der Waals surface area contributed by atoms with Crippen molar-refractivity contribution < 1.29 is 14.6 Å². The number of hydrogen-bond donors (Lipinski definition) is 1. The molecule has 1 aromatic carbocycles. The Hall–Kier alpha value is -1.89. The van der Waals surface area contributed by atoms with Crippen LogP contribution in [-0.2, 0) is 11.2 Å². The predicted molar refractivity (Wildman–Crippen MR) is 120 cm³/mol. The smallest absolute Gasteiger partial charge is 0.237 e. The number of hydrogen-bond acceptors (Lipinski definition) is 5. The summed E-state index contributed by atoms with van der Waals surface area (Å²) in [6.07, 6.45) is 2.72. The second-order valence-electron chi connectivity index (χ2n) is 8.74. The number of thiophene rings is 1. The average Bonchev–Trinajstić information content (AvgIpc) is 3.43. The number of aliphatic hydroxyl groups excluding tert-OH is 1. The van der Waals surface area contributed by atoms with Gasteiger partial charge in [-0.3, -0.25) is 9.69 Å². The summed E-state index contributed by atoms with van der Waals surface area (Å²) in [6, 6.07) is 8.72. The molecular weight excluding hydrogens is 396 g/mol. The Balaban J connectivity index is 1.50. The van der Waals surface area contributed by atoms with Gasteiger partial charge < -0.3 is 14.7 Å². The summed E-state index contributed by atoms with van der Waals surface area (Å²) >= 11 is 1.77. The van der Waals surface area contributed by atoms with Gasteiger partial charge in [0.1, 0.15) is 12.4 Å². The van der Waals surface area contributed by atoms with Gasteiger partial charge in [-0.25, -0.2) is 0 Å². The fraction of sp³-hybridized carbons (Fsp3) is 0.542. The van der Waals surface area contributed by atoms with Gasteiger partial charge in [-0.15, -0.1) is 11.3 Å². The first-order valence-corrected chi connectivity index (χ1v) is 11.8. The van der Waals surface area contributed by atoms with Gasteiger partial charge in [-0.1, -0.05) is 17.7 Å². The van der Waals surface area contributed by atoms with Crippen molar-refractivity contribution >= 4 is 17.2 Å². The molecule has 2 aliphatic rings. The normalized spacial score (nSPS) is 19.6. The van der Waals surface area contributed by atoms with Gasteiger partial charge in [-0.05, 0) is 68.7 Å². The standard InChI is InChI=1S/C24H32N2O3S/c1-16-4-7-22(17(2)12-16)29-15-21-20-9-11-30-23(20)8-10-26(21)24(28)14-25(13-18(3)27)19-5-6-19/h4,7,9,11-12,18-19,21,27H,5-6,8,10,13-15H2,1-3H3/t18-,21+/m0/s1. The molecule has 4 rings (SSSR count). The highest BCUT2D eigenvalue weighted by Gasteiger charge is 2.36. The SMILES string of the molecule is Cc1ccc(OC[C@@H]2c3ccsc3CCN2C(=O)CN(C[C@H](C)O)C2CC2)c(C)c1. The second-order valence-corrected chi connectivity index (χ2v) is 9.74. The Kier molecular flexibility index (Phi) is 6.46. The lowest BCUT2D eigenvalue weighted by atomic mass is 10.00. The molecule has 0 radical (unpaired) electrons. The van der Waals surface area contributed by atoms with Crippen LogP contribution >= 0.6 is 11.3 Å². The van der Waals surface area contributed by atoms with E-state index in [1.807, 2.05) is 11.0 Å². The summed E-state index contributed by atoms with van der Waals surface area (Å²) in [4.78, 5) is 18.8. The van der Waals surface area contributed by atoms with Crippen molar-refractivity contribution in [2.75, 3.05) is 26.2 Å². The minimum Gasteiger partial charge on any atom is -0.491 e. The van der Waals surface area contributed by atoms with E-state index in [1.54, 1.807) is 18.3 Å². The Labute approximate surface area is 183 Å². The number of fused-ring (bicyclic) bond motifs is 1. The highest BCUT2D eigenvalue weighted by molar-refractivity contribution is 7.10. The van der Waals surface area contributed by atoms with Crippen molar-refractivity contribution in [3.8, 4) is 5.75 Å². The summed E-state index contributed by atoms with van der Waals surface area (Å²) in [5.74, 6) is 1.01. The van der Waals surface area contributed by atoms with Crippen molar-refractivity contribution in [1.29, 1.82) is 0 Å². The highest BCUT2D eigenvalue weighted by atomic mass is 32.1. The van der Waals surface area contributed by atoms with E-state index in [-0.39, 0.29) is 11.9 Å². The molecule has 1 saturated carbocycles. The maximum atomic E-state index is 13.3. The molecule has 1 amide bonds. The van der Waals surface area contributed by atoms with E-state index in [0.717, 1.165) is 37.1 Å². The molecule has 1 aromatic heterocycles. The Morgan fingerprint density at radius 2 is 2.13 bits per heavy atom. The van der Waals surface area contributed by atoms with Crippen LogP contribution in [0.15, 0.2) is 29.6 Å². The summed E-state index contributed by atoms with van der Waals surface area (Å²) in [5.41, 5.74) is 3.55. The van der Waals surface area contributed by atoms with Crippen LogP contribution < -0.4 is 4.74 Å². The number of ether oxygens (including phenoxy) is 1. The van der Waals surface area contributed by atoms with E-state index in [4.69, 9.17) is 4.74 Å². The van der Waals surface area contributed by atoms with Crippen molar-refractivity contribution in [1.82, 2.24) is 9.80 Å². The van der Waals surface area contributed by atoms with Gasteiger partial charge in [0.05, 0.1) is 18.7 Å². The number of carbonyl (C=O) groups excluding carboxylic acids is 1. The van der Waals surface area contributed by atoms with Gasteiger partial charge in [0, 0.05) is 24.0 Å². The molecule has 2 heterocycles. The van der Waals surface area contributed by atoms with E-state index in [9.17, 15) is 9.90 Å². The van der Waals surface area contributed by atoms with E-state index >= 15 is 0 Å². The third-order valence-electron chi connectivity index (χ3n) is 6.04. The number of carbonyl (C=O) groups is 1. The van der Waals surface area contributed by atoms with Gasteiger partial charge in [0.25, 0.3) is 0 Å². The summed E-state index contributed by atoms with van der Waals surface area (Å²) in [7, 11) is 0. The number of aryl methyl sites for hydroxylation is 2. The fourth-order valence-corrected chi connectivity index (χ4v) is 5.32. The molecule has 162 valence electrons. The molecule has 0 saturated heterocycles. The maximum absolute atomic E-state index is 13.3. The summed E-state index contributed by atoms with van der Waals surface area (Å²) in [5, 5.41) is 12.0. The van der Waals surface area contributed by atoms with Crippen LogP contribution in [0, 0.1) is 13.8 Å². The molecular formula is C24H32N2O3S. The third-order valence-corrected chi connectivity index (χ3v) is 7.04. The number of nitrogens with zero attached hydrogens (tertiary/aromatic N) is 2. The summed E-state index contributed by atoms with van der Waals surface area (Å²) in [6.45, 7) is 8.03. The molecule has 5 nitrogen and oxygen atoms in total. The lowest BCUT2D eigenvalue weighted by Crippen LogP contribution is -2.48. The van der Waals surface area contributed by atoms with Crippen molar-refractivity contribution in [3.63, 3.8) is 0 Å². The number of aliphatic hydroxyl groups is 1.